The van der Waals surface area contributed by atoms with Crippen LogP contribution in [0, 0.1) is 20.2 Å². The lowest BCUT2D eigenvalue weighted by molar-refractivity contribution is -0.385. The van der Waals surface area contributed by atoms with E-state index < -0.39 is 15.3 Å². The average molecular weight is 418 g/mol. The second kappa shape index (κ2) is 9.93. The number of hydrogen-bond acceptors (Lipinski definition) is 7. The number of aliphatic hydroxyl groups excluding tert-OH is 1. The van der Waals surface area contributed by atoms with Crippen LogP contribution >= 0.6 is 0 Å². The summed E-state index contributed by atoms with van der Waals surface area (Å²) in [5, 5.41) is 29.9. The molecular weight excluding hydrogens is 392 g/mol. The molecule has 0 heterocycles. The lowest BCUT2D eigenvalue weighted by Gasteiger charge is -2.21. The zero-order valence-corrected chi connectivity index (χ0v) is 17.6. The minimum atomic E-state index is -0.802. The molecule has 0 amide bonds. The Kier molecular flexibility index (Phi) is 8.18. The van der Waals surface area contributed by atoms with Gasteiger partial charge in [-0.2, -0.15) is 0 Å². The van der Waals surface area contributed by atoms with Gasteiger partial charge < -0.3 is 9.84 Å². The Morgan fingerprint density at radius 3 is 1.53 bits per heavy atom. The maximum Gasteiger partial charge on any atom is 0.315 e. The second-order valence-corrected chi connectivity index (χ2v) is 7.77. The number of benzene rings is 2. The number of carbonyl (C=O) groups excluding carboxylic acids is 1. The number of ether oxygens (including phenoxy) is 1. The lowest BCUT2D eigenvalue weighted by Crippen LogP contribution is -2.30. The van der Waals surface area contributed by atoms with E-state index in [4.69, 9.17) is 5.11 Å². The van der Waals surface area contributed by atoms with E-state index in [9.17, 15) is 25.0 Å². The van der Waals surface area contributed by atoms with Crippen molar-refractivity contribution in [3.8, 4) is 0 Å². The summed E-state index contributed by atoms with van der Waals surface area (Å²) in [5.74, 6) is -0.374. The van der Waals surface area contributed by atoms with Crippen LogP contribution in [0.2, 0.25) is 0 Å². The van der Waals surface area contributed by atoms with Crippen LogP contribution in [0.25, 0.3) is 0 Å². The fourth-order valence-corrected chi connectivity index (χ4v) is 2.50. The summed E-state index contributed by atoms with van der Waals surface area (Å²) < 4.78 is 4.67. The molecule has 9 nitrogen and oxygen atoms in total. The van der Waals surface area contributed by atoms with Crippen LogP contribution in [0.5, 0.6) is 0 Å². The molecule has 30 heavy (non-hydrogen) atoms. The molecule has 162 valence electrons. The zero-order valence-electron chi connectivity index (χ0n) is 17.6. The number of esters is 1. The average Bonchev–Trinajstić information content (AvgIpc) is 2.73. The molecule has 0 aliphatic carbocycles. The van der Waals surface area contributed by atoms with Crippen molar-refractivity contribution in [3.63, 3.8) is 0 Å². The topological polar surface area (TPSA) is 133 Å². The Morgan fingerprint density at radius 2 is 1.23 bits per heavy atom. The molecule has 2 rings (SSSR count). The Hall–Kier alpha value is -3.33. The summed E-state index contributed by atoms with van der Waals surface area (Å²) in [7, 11) is 1.31. The predicted molar refractivity (Wildman–Crippen MR) is 111 cm³/mol. The first-order valence-electron chi connectivity index (χ1n) is 9.06. The maximum atomic E-state index is 11.5. The molecule has 0 bridgehead atoms. The summed E-state index contributed by atoms with van der Waals surface area (Å²) in [6, 6.07) is 12.1. The van der Waals surface area contributed by atoms with Crippen LogP contribution in [-0.2, 0) is 20.4 Å². The van der Waals surface area contributed by atoms with E-state index in [1.807, 2.05) is 13.8 Å². The van der Waals surface area contributed by atoms with Gasteiger partial charge in [-0.25, -0.2) is 0 Å². The molecular formula is C21H26N2O7. The Bertz CT molecular complexity index is 889. The third kappa shape index (κ3) is 6.08. The largest absolute Gasteiger partial charge is 0.468 e. The van der Waals surface area contributed by atoms with Gasteiger partial charge in [-0.1, -0.05) is 38.1 Å². The van der Waals surface area contributed by atoms with E-state index in [2.05, 4.69) is 4.74 Å². The lowest BCUT2D eigenvalue weighted by atomic mass is 9.85. The number of non-ortho nitro benzene ring substituents is 2. The van der Waals surface area contributed by atoms with Crippen LogP contribution in [0.3, 0.4) is 0 Å². The predicted octanol–water partition coefficient (Wildman–Crippen LogP) is 3.91. The Balaban J connectivity index is 0.000000303. The van der Waals surface area contributed by atoms with Crippen molar-refractivity contribution in [2.45, 2.75) is 38.5 Å². The molecule has 0 aliphatic heterocycles. The Labute approximate surface area is 174 Å². The molecule has 0 saturated carbocycles. The molecule has 0 aromatic heterocycles. The summed E-state index contributed by atoms with van der Waals surface area (Å²) in [6.45, 7) is 7.20. The monoisotopic (exact) mass is 418 g/mol. The third-order valence-corrected chi connectivity index (χ3v) is 4.75. The van der Waals surface area contributed by atoms with E-state index in [1.54, 1.807) is 38.1 Å². The van der Waals surface area contributed by atoms with Gasteiger partial charge in [-0.3, -0.25) is 25.0 Å². The molecule has 0 fully saturated rings. The molecule has 0 unspecified atom stereocenters. The molecule has 0 saturated heterocycles. The standard InChI is InChI=1S/C11H13NO4.C10H13NO3/c1-11(2,10(13)16-3)8-4-6-9(7-5-8)12(14)15;1-10(2,7-12)8-3-5-9(6-4-8)11(13)14/h4-7H,1-3H3;3-6,12H,7H2,1-2H3. The summed E-state index contributed by atoms with van der Waals surface area (Å²) in [4.78, 5) is 31.4. The van der Waals surface area contributed by atoms with Crippen LogP contribution in [0.1, 0.15) is 38.8 Å². The van der Waals surface area contributed by atoms with Gasteiger partial charge in [-0.05, 0) is 25.0 Å². The van der Waals surface area contributed by atoms with Crippen molar-refractivity contribution in [2.24, 2.45) is 0 Å². The van der Waals surface area contributed by atoms with Crippen LogP contribution < -0.4 is 0 Å². The number of rotatable bonds is 6. The van der Waals surface area contributed by atoms with E-state index in [-0.39, 0.29) is 29.4 Å². The third-order valence-electron chi connectivity index (χ3n) is 4.75. The number of nitro groups is 2. The molecule has 0 atom stereocenters. The number of methoxy groups -OCH3 is 1. The molecule has 9 heteroatoms. The number of carbonyl (C=O) groups is 1. The van der Waals surface area contributed by atoms with Crippen LogP contribution in [-0.4, -0.2) is 34.6 Å². The van der Waals surface area contributed by atoms with Crippen molar-refractivity contribution >= 4 is 17.3 Å². The number of nitro benzene ring substituents is 2. The maximum absolute atomic E-state index is 11.5. The van der Waals surface area contributed by atoms with Gasteiger partial charge in [0.1, 0.15) is 0 Å². The molecule has 0 spiro atoms. The quantitative estimate of drug-likeness (QED) is 0.427. The fourth-order valence-electron chi connectivity index (χ4n) is 2.50. The smallest absolute Gasteiger partial charge is 0.315 e. The van der Waals surface area contributed by atoms with Gasteiger partial charge >= 0.3 is 5.97 Å². The second-order valence-electron chi connectivity index (χ2n) is 7.77. The molecule has 0 aliphatic rings. The summed E-state index contributed by atoms with van der Waals surface area (Å²) in [5.41, 5.74) is 0.501. The van der Waals surface area contributed by atoms with E-state index in [0.717, 1.165) is 5.56 Å². The van der Waals surface area contributed by atoms with Crippen molar-refractivity contribution in [1.29, 1.82) is 0 Å². The van der Waals surface area contributed by atoms with Gasteiger partial charge in [0.05, 0.1) is 29.0 Å². The van der Waals surface area contributed by atoms with Crippen molar-refractivity contribution in [1.82, 2.24) is 0 Å². The molecule has 2 aromatic carbocycles. The van der Waals surface area contributed by atoms with Gasteiger partial charge in [0.15, 0.2) is 0 Å². The fraction of sp³-hybridized carbons (Fsp3) is 0.381. The first-order valence-corrected chi connectivity index (χ1v) is 9.06. The number of nitrogens with zero attached hydrogens (tertiary/aromatic N) is 2. The van der Waals surface area contributed by atoms with Crippen LogP contribution in [0.4, 0.5) is 11.4 Å². The van der Waals surface area contributed by atoms with Gasteiger partial charge in [0.25, 0.3) is 11.4 Å². The highest BCUT2D eigenvalue weighted by molar-refractivity contribution is 5.82. The van der Waals surface area contributed by atoms with Crippen molar-refractivity contribution < 1.29 is 24.5 Å². The minimum absolute atomic E-state index is 0.00409. The minimum Gasteiger partial charge on any atom is -0.468 e. The van der Waals surface area contributed by atoms with Crippen LogP contribution in [0.15, 0.2) is 48.5 Å². The van der Waals surface area contributed by atoms with E-state index in [0.29, 0.717) is 5.56 Å². The van der Waals surface area contributed by atoms with E-state index >= 15 is 0 Å². The van der Waals surface area contributed by atoms with Gasteiger partial charge in [0.2, 0.25) is 0 Å². The van der Waals surface area contributed by atoms with Gasteiger partial charge in [-0.15, -0.1) is 0 Å². The molecule has 2 aromatic rings. The zero-order chi connectivity index (χ0) is 23.1. The first-order chi connectivity index (χ1) is 13.9. The van der Waals surface area contributed by atoms with E-state index in [1.165, 1.54) is 31.4 Å². The molecule has 1 N–H and O–H groups in total. The summed E-state index contributed by atoms with van der Waals surface area (Å²) in [6.07, 6.45) is 0. The Morgan fingerprint density at radius 1 is 0.867 bits per heavy atom. The van der Waals surface area contributed by atoms with Crippen molar-refractivity contribution in [2.75, 3.05) is 13.7 Å². The van der Waals surface area contributed by atoms with Gasteiger partial charge in [0, 0.05) is 29.7 Å². The normalized spacial score (nSPS) is 11.1. The number of hydrogen-bond donors (Lipinski definition) is 1. The van der Waals surface area contributed by atoms with Crippen molar-refractivity contribution in [3.05, 3.63) is 79.9 Å². The number of aliphatic hydroxyl groups is 1. The highest BCUT2D eigenvalue weighted by Gasteiger charge is 2.31. The molecule has 0 radical (unpaired) electrons. The highest BCUT2D eigenvalue weighted by Crippen LogP contribution is 2.26. The SMILES string of the molecule is CC(C)(CO)c1ccc([N+](=O)[O-])cc1.COC(=O)C(C)(C)c1ccc([N+](=O)[O-])cc1. The first kappa shape index (κ1) is 24.7. The summed E-state index contributed by atoms with van der Waals surface area (Å²) >= 11 is 0. The highest BCUT2D eigenvalue weighted by atomic mass is 16.6.